The molecule has 4 nitrogen and oxygen atoms in total. The summed E-state index contributed by atoms with van der Waals surface area (Å²) in [6.45, 7) is 3.44. The van der Waals surface area contributed by atoms with E-state index in [0.29, 0.717) is 6.42 Å². The predicted octanol–water partition coefficient (Wildman–Crippen LogP) is -1.35. The second-order valence-electron chi connectivity index (χ2n) is 4.04. The van der Waals surface area contributed by atoms with Crippen molar-refractivity contribution in [2.45, 2.75) is 63.7 Å². The molecular formula is C10H21KO4S. The number of rotatable bonds is 8. The third kappa shape index (κ3) is 10.6. The van der Waals surface area contributed by atoms with Crippen molar-refractivity contribution in [3.8, 4) is 0 Å². The van der Waals surface area contributed by atoms with E-state index in [9.17, 15) is 18.1 Å². The first kappa shape index (κ1) is 19.8. The number of unbranched alkanes of at least 4 members (excludes halogenated alkanes) is 3. The summed E-state index contributed by atoms with van der Waals surface area (Å²) < 4.78 is 31.7. The summed E-state index contributed by atoms with van der Waals surface area (Å²) in [5, 5.41) is 8.49. The van der Waals surface area contributed by atoms with Gasteiger partial charge in [-0.25, -0.2) is 8.42 Å². The molecule has 1 N–H and O–H groups in total. The minimum absolute atomic E-state index is 0. The number of aliphatic hydroxyl groups excluding tert-OH is 1. The van der Waals surface area contributed by atoms with E-state index in [1.807, 2.05) is 0 Å². The van der Waals surface area contributed by atoms with Crippen LogP contribution in [-0.4, -0.2) is 29.4 Å². The van der Waals surface area contributed by atoms with Gasteiger partial charge in [-0.3, -0.25) is 0 Å². The number of hydrogen-bond acceptors (Lipinski definition) is 4. The van der Waals surface area contributed by atoms with Crippen molar-refractivity contribution >= 4 is 10.1 Å². The van der Waals surface area contributed by atoms with Gasteiger partial charge < -0.3 is 9.66 Å². The smallest absolute Gasteiger partial charge is 0.748 e. The maximum Gasteiger partial charge on any atom is 1.00 e. The average Bonchev–Trinajstić information content (AvgIpc) is 2.11. The van der Waals surface area contributed by atoms with E-state index in [0.717, 1.165) is 25.7 Å². The van der Waals surface area contributed by atoms with Crippen LogP contribution in [0.4, 0.5) is 0 Å². The Hall–Kier alpha value is 1.51. The van der Waals surface area contributed by atoms with Crippen molar-refractivity contribution in [2.75, 3.05) is 0 Å². The SMILES string of the molecule is CCCCCCC(O)CC(C)S(=O)(=O)[O-].[K+]. The molecule has 0 aliphatic heterocycles. The van der Waals surface area contributed by atoms with Gasteiger partial charge in [0, 0.05) is 5.25 Å². The summed E-state index contributed by atoms with van der Waals surface area (Å²) in [6, 6.07) is 0. The van der Waals surface area contributed by atoms with E-state index in [-0.39, 0.29) is 57.8 Å². The first-order chi connectivity index (χ1) is 6.88. The van der Waals surface area contributed by atoms with Gasteiger partial charge in [-0.15, -0.1) is 0 Å². The third-order valence-corrected chi connectivity index (χ3v) is 3.67. The molecule has 0 aromatic rings. The van der Waals surface area contributed by atoms with E-state index >= 15 is 0 Å². The van der Waals surface area contributed by atoms with Crippen LogP contribution in [0.1, 0.15) is 52.4 Å². The molecular weight excluding hydrogens is 255 g/mol. The molecule has 0 saturated carbocycles. The fraction of sp³-hybridized carbons (Fsp3) is 1.00. The topological polar surface area (TPSA) is 77.4 Å². The third-order valence-electron chi connectivity index (χ3n) is 2.49. The summed E-state index contributed by atoms with van der Waals surface area (Å²) in [4.78, 5) is 0. The van der Waals surface area contributed by atoms with Crippen LogP contribution >= 0.6 is 0 Å². The van der Waals surface area contributed by atoms with Gasteiger partial charge in [0.1, 0.15) is 0 Å². The average molecular weight is 276 g/mol. The number of aliphatic hydroxyl groups is 1. The van der Waals surface area contributed by atoms with Crippen LogP contribution < -0.4 is 51.4 Å². The fourth-order valence-electron chi connectivity index (χ4n) is 1.43. The van der Waals surface area contributed by atoms with E-state index in [2.05, 4.69) is 6.92 Å². The molecule has 0 aromatic carbocycles. The standard InChI is InChI=1S/C10H22O4S.K/c1-3-4-5-6-7-10(11)8-9(2)15(12,13)14;/h9-11H,3-8H2,1-2H3,(H,12,13,14);/q;+1/p-1. The van der Waals surface area contributed by atoms with Gasteiger partial charge in [-0.2, -0.15) is 0 Å². The number of hydrogen-bond donors (Lipinski definition) is 1. The van der Waals surface area contributed by atoms with Gasteiger partial charge >= 0.3 is 51.4 Å². The first-order valence-corrected chi connectivity index (χ1v) is 6.97. The Bertz CT molecular complexity index is 254. The molecule has 6 heteroatoms. The van der Waals surface area contributed by atoms with Crippen molar-refractivity contribution < 1.29 is 69.5 Å². The van der Waals surface area contributed by atoms with E-state index in [1.54, 1.807) is 0 Å². The Kier molecular flexibility index (Phi) is 12.9. The predicted molar refractivity (Wildman–Crippen MR) is 58.5 cm³/mol. The molecule has 0 aromatic heterocycles. The van der Waals surface area contributed by atoms with Gasteiger partial charge in [0.05, 0.1) is 16.2 Å². The Labute approximate surface area is 141 Å². The molecule has 16 heavy (non-hydrogen) atoms. The van der Waals surface area contributed by atoms with Gasteiger partial charge in [-0.1, -0.05) is 32.6 Å². The van der Waals surface area contributed by atoms with Gasteiger partial charge in [0.15, 0.2) is 0 Å². The second-order valence-corrected chi connectivity index (χ2v) is 5.83. The van der Waals surface area contributed by atoms with Crippen LogP contribution in [0.3, 0.4) is 0 Å². The summed E-state index contributed by atoms with van der Waals surface area (Å²) in [5.41, 5.74) is 0. The van der Waals surface area contributed by atoms with E-state index in [4.69, 9.17) is 0 Å². The molecule has 0 aliphatic carbocycles. The molecule has 0 amide bonds. The largest absolute Gasteiger partial charge is 1.00 e. The molecule has 0 aliphatic rings. The molecule has 92 valence electrons. The molecule has 2 unspecified atom stereocenters. The van der Waals surface area contributed by atoms with Crippen molar-refractivity contribution in [1.29, 1.82) is 0 Å². The molecule has 0 saturated heterocycles. The van der Waals surface area contributed by atoms with Crippen LogP contribution in [0.25, 0.3) is 0 Å². The minimum atomic E-state index is -4.24. The summed E-state index contributed by atoms with van der Waals surface area (Å²) in [6.07, 6.45) is 4.16. The van der Waals surface area contributed by atoms with Gasteiger partial charge in [0.2, 0.25) is 0 Å². The zero-order valence-corrected chi connectivity index (χ0v) is 14.4. The summed E-state index contributed by atoms with van der Waals surface area (Å²) >= 11 is 0. The van der Waals surface area contributed by atoms with Crippen LogP contribution in [0.5, 0.6) is 0 Å². The summed E-state index contributed by atoms with van der Waals surface area (Å²) in [5.74, 6) is 0. The van der Waals surface area contributed by atoms with Gasteiger partial charge in [-0.05, 0) is 19.8 Å². The quantitative estimate of drug-likeness (QED) is 0.338. The Morgan fingerprint density at radius 1 is 1.25 bits per heavy atom. The van der Waals surface area contributed by atoms with E-state index < -0.39 is 21.5 Å². The molecule has 0 radical (unpaired) electrons. The van der Waals surface area contributed by atoms with Crippen LogP contribution in [-0.2, 0) is 10.1 Å². The zero-order chi connectivity index (χ0) is 11.9. The van der Waals surface area contributed by atoms with Crippen molar-refractivity contribution in [1.82, 2.24) is 0 Å². The molecule has 0 bridgehead atoms. The zero-order valence-electron chi connectivity index (χ0n) is 10.5. The monoisotopic (exact) mass is 276 g/mol. The Morgan fingerprint density at radius 3 is 2.25 bits per heavy atom. The summed E-state index contributed by atoms with van der Waals surface area (Å²) in [7, 11) is -4.24. The van der Waals surface area contributed by atoms with Gasteiger partial charge in [0.25, 0.3) is 0 Å². The maximum atomic E-state index is 10.6. The minimum Gasteiger partial charge on any atom is -0.748 e. The normalized spacial score (nSPS) is 15.2. The van der Waals surface area contributed by atoms with Crippen LogP contribution in [0.15, 0.2) is 0 Å². The molecule has 0 heterocycles. The van der Waals surface area contributed by atoms with E-state index in [1.165, 1.54) is 6.92 Å². The second kappa shape index (κ2) is 10.4. The molecule has 0 spiro atoms. The van der Waals surface area contributed by atoms with Crippen molar-refractivity contribution in [2.24, 2.45) is 0 Å². The van der Waals surface area contributed by atoms with Crippen molar-refractivity contribution in [3.63, 3.8) is 0 Å². The molecule has 2 atom stereocenters. The molecule has 0 rings (SSSR count). The van der Waals surface area contributed by atoms with Crippen LogP contribution in [0, 0.1) is 0 Å². The van der Waals surface area contributed by atoms with Crippen LogP contribution in [0.2, 0.25) is 0 Å². The molecule has 0 fully saturated rings. The Morgan fingerprint density at radius 2 is 1.81 bits per heavy atom. The Balaban J connectivity index is 0. The van der Waals surface area contributed by atoms with Crippen molar-refractivity contribution in [3.05, 3.63) is 0 Å². The first-order valence-electron chi connectivity index (χ1n) is 5.50. The fourth-order valence-corrected chi connectivity index (χ4v) is 1.88. The maximum absolute atomic E-state index is 10.6.